The van der Waals surface area contributed by atoms with E-state index in [1.54, 1.807) is 55.7 Å². The van der Waals surface area contributed by atoms with Crippen LogP contribution in [0, 0.1) is 5.82 Å². The van der Waals surface area contributed by atoms with Crippen molar-refractivity contribution in [2.75, 3.05) is 0 Å². The Bertz CT molecular complexity index is 1090. The van der Waals surface area contributed by atoms with Crippen molar-refractivity contribution in [3.05, 3.63) is 104 Å². The van der Waals surface area contributed by atoms with Crippen LogP contribution in [0.15, 0.2) is 70.7 Å². The lowest BCUT2D eigenvalue weighted by Gasteiger charge is -2.20. The average molecular weight is 415 g/mol. The van der Waals surface area contributed by atoms with Crippen LogP contribution in [0.25, 0.3) is 0 Å². The number of benzene rings is 2. The zero-order valence-electron chi connectivity index (χ0n) is 15.7. The normalized spacial score (nSPS) is 12.8. The molecule has 7 heteroatoms. The van der Waals surface area contributed by atoms with Crippen molar-refractivity contribution in [2.45, 2.75) is 18.9 Å². The molecule has 1 aromatic heterocycles. The van der Waals surface area contributed by atoms with Gasteiger partial charge in [-0.1, -0.05) is 47.1 Å². The number of pyridine rings is 1. The third kappa shape index (κ3) is 4.72. The Labute approximate surface area is 172 Å². The van der Waals surface area contributed by atoms with Gasteiger partial charge in [0.2, 0.25) is 5.56 Å². The van der Waals surface area contributed by atoms with Gasteiger partial charge in [-0.2, -0.15) is 0 Å². The summed E-state index contributed by atoms with van der Waals surface area (Å²) in [5, 5.41) is 22.6. The Morgan fingerprint density at radius 2 is 1.90 bits per heavy atom. The largest absolute Gasteiger partial charge is 0.411 e. The molecule has 0 bridgehead atoms. The van der Waals surface area contributed by atoms with Gasteiger partial charge in [-0.15, -0.1) is 0 Å². The lowest BCUT2D eigenvalue weighted by molar-refractivity contribution is 0.282. The Morgan fingerprint density at radius 3 is 2.48 bits per heavy atom. The summed E-state index contributed by atoms with van der Waals surface area (Å²) in [6.45, 7) is -0.0956. The van der Waals surface area contributed by atoms with E-state index in [4.69, 9.17) is 11.6 Å². The molecule has 1 heterocycles. The lowest BCUT2D eigenvalue weighted by Crippen LogP contribution is -2.18. The second kappa shape index (κ2) is 9.03. The van der Waals surface area contributed by atoms with E-state index in [-0.39, 0.29) is 23.6 Å². The molecule has 1 unspecified atom stereocenters. The summed E-state index contributed by atoms with van der Waals surface area (Å²) in [6.07, 6.45) is 1.76. The van der Waals surface area contributed by atoms with Crippen molar-refractivity contribution in [1.82, 2.24) is 4.57 Å². The van der Waals surface area contributed by atoms with Gasteiger partial charge in [0.15, 0.2) is 0 Å². The highest BCUT2D eigenvalue weighted by Crippen LogP contribution is 2.33. The maximum Gasteiger partial charge on any atom is 0.250 e. The smallest absolute Gasteiger partial charge is 0.250 e. The number of aryl methyl sites for hydroxylation is 1. The molecule has 0 aliphatic rings. The Kier molecular flexibility index (Phi) is 6.46. The summed E-state index contributed by atoms with van der Waals surface area (Å²) in [7, 11) is 1.60. The van der Waals surface area contributed by atoms with Crippen LogP contribution in [0.1, 0.15) is 34.6 Å². The SMILES string of the molecule is Cn1cc(C(CC(c2ccc(CO)cc2)c2ccc(Cl)cc2F)=NO)ccc1=O. The first-order valence-electron chi connectivity index (χ1n) is 8.95. The maximum atomic E-state index is 14.7. The summed E-state index contributed by atoms with van der Waals surface area (Å²) in [5.41, 5.74) is 2.60. The van der Waals surface area contributed by atoms with Crippen molar-refractivity contribution in [2.24, 2.45) is 12.2 Å². The van der Waals surface area contributed by atoms with Gasteiger partial charge in [0.1, 0.15) is 5.82 Å². The number of aromatic nitrogens is 1. The minimum Gasteiger partial charge on any atom is -0.411 e. The van der Waals surface area contributed by atoms with Gasteiger partial charge in [-0.3, -0.25) is 4.79 Å². The molecular formula is C22H20ClFN2O3. The van der Waals surface area contributed by atoms with Gasteiger partial charge in [0.25, 0.3) is 0 Å². The molecule has 0 fully saturated rings. The molecular weight excluding hydrogens is 395 g/mol. The fourth-order valence-electron chi connectivity index (χ4n) is 3.22. The van der Waals surface area contributed by atoms with E-state index in [0.717, 1.165) is 11.1 Å². The molecule has 29 heavy (non-hydrogen) atoms. The van der Waals surface area contributed by atoms with Crippen LogP contribution in [0.5, 0.6) is 0 Å². The van der Waals surface area contributed by atoms with Crippen molar-refractivity contribution in [3.63, 3.8) is 0 Å². The minimum absolute atomic E-state index is 0.0956. The molecule has 0 saturated heterocycles. The molecule has 0 spiro atoms. The quantitative estimate of drug-likeness (QED) is 0.362. The Balaban J connectivity index is 2.05. The van der Waals surface area contributed by atoms with E-state index in [9.17, 15) is 19.5 Å². The summed E-state index contributed by atoms with van der Waals surface area (Å²) >= 11 is 5.90. The minimum atomic E-state index is -0.469. The van der Waals surface area contributed by atoms with Gasteiger partial charge in [-0.25, -0.2) is 4.39 Å². The first-order chi connectivity index (χ1) is 13.9. The van der Waals surface area contributed by atoms with E-state index in [0.29, 0.717) is 16.8 Å². The summed E-state index contributed by atoms with van der Waals surface area (Å²) in [5.74, 6) is -0.936. The van der Waals surface area contributed by atoms with Crippen LogP contribution in [0.3, 0.4) is 0 Å². The van der Waals surface area contributed by atoms with Gasteiger partial charge in [0, 0.05) is 42.2 Å². The molecule has 0 amide bonds. The van der Waals surface area contributed by atoms with Gasteiger partial charge in [0.05, 0.1) is 12.3 Å². The summed E-state index contributed by atoms with van der Waals surface area (Å²) in [6, 6.07) is 14.6. The third-order valence-electron chi connectivity index (χ3n) is 4.84. The lowest BCUT2D eigenvalue weighted by atomic mass is 9.85. The fraction of sp³-hybridized carbons (Fsp3) is 0.182. The van der Waals surface area contributed by atoms with Gasteiger partial charge < -0.3 is 14.9 Å². The fourth-order valence-corrected chi connectivity index (χ4v) is 3.38. The van der Waals surface area contributed by atoms with E-state index < -0.39 is 11.7 Å². The molecule has 3 aromatic rings. The second-order valence-corrected chi connectivity index (χ2v) is 7.17. The predicted octanol–water partition coefficient (Wildman–Crippen LogP) is 4.07. The van der Waals surface area contributed by atoms with E-state index >= 15 is 0 Å². The van der Waals surface area contributed by atoms with Crippen molar-refractivity contribution >= 4 is 17.3 Å². The van der Waals surface area contributed by atoms with Crippen LogP contribution in [-0.2, 0) is 13.7 Å². The molecule has 5 nitrogen and oxygen atoms in total. The molecule has 2 N–H and O–H groups in total. The highest BCUT2D eigenvalue weighted by atomic mass is 35.5. The van der Waals surface area contributed by atoms with Crippen molar-refractivity contribution in [1.29, 1.82) is 0 Å². The molecule has 0 aliphatic carbocycles. The highest BCUT2D eigenvalue weighted by molar-refractivity contribution is 6.30. The number of rotatable bonds is 6. The van der Waals surface area contributed by atoms with Crippen LogP contribution < -0.4 is 5.56 Å². The standard InChI is InChI=1S/C22H20ClFN2O3/c1-26-12-16(6-9-22(26)28)21(25-29)11-19(15-4-2-14(13-27)3-5-15)18-8-7-17(23)10-20(18)24/h2-10,12,19,27,29H,11,13H2,1H3. The summed E-state index contributed by atoms with van der Waals surface area (Å²) < 4.78 is 16.1. The second-order valence-electron chi connectivity index (χ2n) is 6.74. The predicted molar refractivity (Wildman–Crippen MR) is 110 cm³/mol. The maximum absolute atomic E-state index is 14.7. The van der Waals surface area contributed by atoms with E-state index in [2.05, 4.69) is 5.16 Å². The Hall–Kier alpha value is -2.96. The molecule has 1 atom stereocenters. The van der Waals surface area contributed by atoms with Crippen molar-refractivity contribution in [3.8, 4) is 0 Å². The van der Waals surface area contributed by atoms with E-state index in [1.165, 1.54) is 16.7 Å². The Morgan fingerprint density at radius 1 is 1.17 bits per heavy atom. The number of halogens is 2. The number of nitrogens with zero attached hydrogens (tertiary/aromatic N) is 2. The van der Waals surface area contributed by atoms with Gasteiger partial charge >= 0.3 is 0 Å². The van der Waals surface area contributed by atoms with Crippen molar-refractivity contribution < 1.29 is 14.7 Å². The molecule has 0 aliphatic heterocycles. The third-order valence-corrected chi connectivity index (χ3v) is 5.07. The highest BCUT2D eigenvalue weighted by Gasteiger charge is 2.22. The van der Waals surface area contributed by atoms with Crippen LogP contribution in [0.4, 0.5) is 4.39 Å². The van der Waals surface area contributed by atoms with E-state index in [1.807, 2.05) is 0 Å². The number of hydrogen-bond donors (Lipinski definition) is 2. The zero-order chi connectivity index (χ0) is 21.0. The number of oxime groups is 1. The number of aliphatic hydroxyl groups excluding tert-OH is 1. The molecule has 3 rings (SSSR count). The number of aliphatic hydroxyl groups is 1. The monoisotopic (exact) mass is 414 g/mol. The zero-order valence-corrected chi connectivity index (χ0v) is 16.5. The molecule has 150 valence electrons. The van der Waals surface area contributed by atoms with Gasteiger partial charge in [-0.05, 0) is 34.9 Å². The average Bonchev–Trinajstić information content (AvgIpc) is 2.72. The topological polar surface area (TPSA) is 74.8 Å². The van der Waals surface area contributed by atoms with Crippen LogP contribution in [0.2, 0.25) is 5.02 Å². The first kappa shape index (κ1) is 20.8. The molecule has 0 saturated carbocycles. The number of hydrogen-bond acceptors (Lipinski definition) is 4. The van der Waals surface area contributed by atoms with Crippen LogP contribution in [-0.4, -0.2) is 20.6 Å². The molecule has 0 radical (unpaired) electrons. The molecule has 2 aromatic carbocycles. The summed E-state index contributed by atoms with van der Waals surface area (Å²) in [4.78, 5) is 11.7. The first-order valence-corrected chi connectivity index (χ1v) is 9.33. The van der Waals surface area contributed by atoms with Crippen LogP contribution >= 0.6 is 11.6 Å².